The Balaban J connectivity index is 2.17. The Bertz CT molecular complexity index is 822. The first-order valence-corrected chi connectivity index (χ1v) is 9.21. The van der Waals surface area contributed by atoms with E-state index >= 15 is 0 Å². The molecule has 2 rings (SSSR count). The van der Waals surface area contributed by atoms with Gasteiger partial charge in [0.15, 0.2) is 0 Å². The fourth-order valence-electron chi connectivity index (χ4n) is 2.61. The van der Waals surface area contributed by atoms with E-state index in [1.54, 1.807) is 37.4 Å². The monoisotopic (exact) mass is 410 g/mol. The summed E-state index contributed by atoms with van der Waals surface area (Å²) in [6, 6.07) is 10.2. The average Bonchev–Trinajstić information content (AvgIpc) is 2.62. The maximum absolute atomic E-state index is 14.0. The normalized spacial score (nSPS) is 12.0. The van der Waals surface area contributed by atoms with E-state index in [2.05, 4.69) is 5.32 Å². The van der Waals surface area contributed by atoms with Crippen molar-refractivity contribution in [3.63, 3.8) is 0 Å². The number of halogens is 3. The molecule has 2 aromatic rings. The Hall–Kier alpha value is -2.11. The molecule has 4 nitrogen and oxygen atoms in total. The molecule has 1 atom stereocenters. The van der Waals surface area contributed by atoms with Crippen LogP contribution in [-0.4, -0.2) is 29.8 Å². The number of hydrogen-bond acceptors (Lipinski definition) is 2. The minimum atomic E-state index is -0.788. The minimum Gasteiger partial charge on any atom is -0.340 e. The Morgan fingerprint density at radius 2 is 1.70 bits per heavy atom. The molecule has 1 unspecified atom stereocenters. The van der Waals surface area contributed by atoms with Gasteiger partial charge in [-0.2, -0.15) is 0 Å². The van der Waals surface area contributed by atoms with Crippen molar-refractivity contribution in [3.8, 4) is 0 Å². The highest BCUT2D eigenvalue weighted by Crippen LogP contribution is 2.21. The molecule has 144 valence electrons. The van der Waals surface area contributed by atoms with Gasteiger partial charge in [-0.15, -0.1) is 0 Å². The lowest BCUT2D eigenvalue weighted by Gasteiger charge is -2.27. The van der Waals surface area contributed by atoms with Crippen LogP contribution in [0.3, 0.4) is 0 Å². The van der Waals surface area contributed by atoms with Crippen LogP contribution in [0.1, 0.15) is 29.8 Å². The van der Waals surface area contributed by atoms with E-state index in [0.29, 0.717) is 5.02 Å². The number of rotatable bonds is 6. The van der Waals surface area contributed by atoms with Gasteiger partial charge in [0.05, 0.1) is 10.6 Å². The van der Waals surface area contributed by atoms with Gasteiger partial charge in [-0.05, 0) is 30.2 Å². The summed E-state index contributed by atoms with van der Waals surface area (Å²) in [4.78, 5) is 26.8. The standard InChI is InChI=1S/C20H21Cl2FN2O2/c1-12(2)18(24-19(26)13-7-4-5-8-15(13)21)20(27)25(3)11-14-16(22)9-6-10-17(14)23/h4-10,12,18H,11H2,1-3H3,(H,24,26). The molecule has 0 saturated carbocycles. The van der Waals surface area contributed by atoms with Crippen molar-refractivity contribution < 1.29 is 14.0 Å². The predicted octanol–water partition coefficient (Wildman–Crippen LogP) is 4.55. The summed E-state index contributed by atoms with van der Waals surface area (Å²) in [5, 5.41) is 3.28. The number of hydrogen-bond donors (Lipinski definition) is 1. The first-order valence-electron chi connectivity index (χ1n) is 8.45. The van der Waals surface area contributed by atoms with Crippen LogP contribution in [0.25, 0.3) is 0 Å². The Kier molecular flexibility index (Phi) is 7.22. The molecular weight excluding hydrogens is 390 g/mol. The van der Waals surface area contributed by atoms with Crippen molar-refractivity contribution in [2.24, 2.45) is 5.92 Å². The van der Waals surface area contributed by atoms with E-state index in [9.17, 15) is 14.0 Å². The second kappa shape index (κ2) is 9.20. The molecule has 0 aromatic heterocycles. The van der Waals surface area contributed by atoms with Crippen molar-refractivity contribution in [3.05, 3.63) is 69.5 Å². The fraction of sp³-hybridized carbons (Fsp3) is 0.300. The van der Waals surface area contributed by atoms with Crippen molar-refractivity contribution in [2.75, 3.05) is 7.05 Å². The Labute approximate surface area is 168 Å². The second-order valence-corrected chi connectivity index (χ2v) is 7.38. The summed E-state index contributed by atoms with van der Waals surface area (Å²) in [5.41, 5.74) is 0.521. The van der Waals surface area contributed by atoms with Crippen molar-refractivity contribution in [2.45, 2.75) is 26.4 Å². The molecule has 0 fully saturated rings. The van der Waals surface area contributed by atoms with Crippen molar-refractivity contribution in [1.29, 1.82) is 0 Å². The third kappa shape index (κ3) is 5.21. The maximum atomic E-state index is 14.0. The zero-order chi connectivity index (χ0) is 20.1. The molecule has 1 N–H and O–H groups in total. The SMILES string of the molecule is CC(C)C(NC(=O)c1ccccc1Cl)C(=O)N(C)Cc1c(F)cccc1Cl. The molecule has 27 heavy (non-hydrogen) atoms. The largest absolute Gasteiger partial charge is 0.340 e. The van der Waals surface area contributed by atoms with Gasteiger partial charge >= 0.3 is 0 Å². The van der Waals surface area contributed by atoms with Crippen LogP contribution in [0.4, 0.5) is 4.39 Å². The summed E-state index contributed by atoms with van der Waals surface area (Å²) < 4.78 is 14.0. The predicted molar refractivity (Wildman–Crippen MR) is 105 cm³/mol. The van der Waals surface area contributed by atoms with E-state index in [4.69, 9.17) is 23.2 Å². The van der Waals surface area contributed by atoms with Gasteiger partial charge in [0, 0.05) is 24.2 Å². The van der Waals surface area contributed by atoms with Crippen molar-refractivity contribution in [1.82, 2.24) is 10.2 Å². The average molecular weight is 411 g/mol. The molecule has 0 spiro atoms. The van der Waals surface area contributed by atoms with Crippen LogP contribution >= 0.6 is 23.2 Å². The Morgan fingerprint density at radius 1 is 1.07 bits per heavy atom. The first kappa shape index (κ1) is 21.2. The van der Waals surface area contributed by atoms with E-state index in [0.717, 1.165) is 0 Å². The zero-order valence-corrected chi connectivity index (χ0v) is 16.8. The quantitative estimate of drug-likeness (QED) is 0.759. The number of benzene rings is 2. The number of nitrogens with zero attached hydrogens (tertiary/aromatic N) is 1. The molecule has 2 aromatic carbocycles. The van der Waals surface area contributed by atoms with Crippen LogP contribution in [0.2, 0.25) is 10.0 Å². The molecule has 0 bridgehead atoms. The molecule has 0 radical (unpaired) electrons. The highest BCUT2D eigenvalue weighted by molar-refractivity contribution is 6.33. The topological polar surface area (TPSA) is 49.4 Å². The molecule has 0 aliphatic heterocycles. The third-order valence-electron chi connectivity index (χ3n) is 4.17. The number of amides is 2. The molecular formula is C20H21Cl2FN2O2. The fourth-order valence-corrected chi connectivity index (χ4v) is 3.06. The zero-order valence-electron chi connectivity index (χ0n) is 15.3. The van der Waals surface area contributed by atoms with Crippen LogP contribution in [0.15, 0.2) is 42.5 Å². The summed E-state index contributed by atoms with van der Waals surface area (Å²) in [6.45, 7) is 3.63. The Morgan fingerprint density at radius 3 is 2.30 bits per heavy atom. The lowest BCUT2D eigenvalue weighted by atomic mass is 10.0. The first-order chi connectivity index (χ1) is 12.7. The molecule has 2 amide bonds. The van der Waals surface area contributed by atoms with Crippen molar-refractivity contribution >= 4 is 35.0 Å². The summed E-state index contributed by atoms with van der Waals surface area (Å²) in [5.74, 6) is -1.44. The van der Waals surface area contributed by atoms with Gasteiger partial charge in [0.2, 0.25) is 5.91 Å². The van der Waals surface area contributed by atoms with E-state index in [1.807, 2.05) is 13.8 Å². The van der Waals surface area contributed by atoms with E-state index < -0.39 is 17.8 Å². The lowest BCUT2D eigenvalue weighted by Crippen LogP contribution is -2.50. The van der Waals surface area contributed by atoms with Gasteiger partial charge < -0.3 is 10.2 Å². The number of nitrogens with one attached hydrogen (secondary N) is 1. The van der Waals surface area contributed by atoms with Crippen LogP contribution in [0, 0.1) is 11.7 Å². The molecule has 0 heterocycles. The third-order valence-corrected chi connectivity index (χ3v) is 4.85. The van der Waals surface area contributed by atoms with Gasteiger partial charge in [0.25, 0.3) is 5.91 Å². The lowest BCUT2D eigenvalue weighted by molar-refractivity contribution is -0.133. The molecule has 0 saturated heterocycles. The van der Waals surface area contributed by atoms with Gasteiger partial charge in [-0.1, -0.05) is 55.2 Å². The molecule has 7 heteroatoms. The number of carbonyl (C=O) groups excluding carboxylic acids is 2. The summed E-state index contributed by atoms with van der Waals surface area (Å²) in [7, 11) is 1.54. The minimum absolute atomic E-state index is 0.00444. The van der Waals surface area contributed by atoms with E-state index in [-0.39, 0.29) is 34.5 Å². The van der Waals surface area contributed by atoms with Gasteiger partial charge in [-0.3, -0.25) is 9.59 Å². The number of likely N-dealkylation sites (N-methyl/N-ethyl adjacent to an activating group) is 1. The van der Waals surface area contributed by atoms with Gasteiger partial charge in [0.1, 0.15) is 11.9 Å². The van der Waals surface area contributed by atoms with Crippen LogP contribution in [-0.2, 0) is 11.3 Å². The highest BCUT2D eigenvalue weighted by atomic mass is 35.5. The van der Waals surface area contributed by atoms with Crippen LogP contribution in [0.5, 0.6) is 0 Å². The highest BCUT2D eigenvalue weighted by Gasteiger charge is 2.28. The maximum Gasteiger partial charge on any atom is 0.253 e. The summed E-state index contributed by atoms with van der Waals surface area (Å²) >= 11 is 12.1. The molecule has 0 aliphatic carbocycles. The smallest absolute Gasteiger partial charge is 0.253 e. The number of carbonyl (C=O) groups is 2. The summed E-state index contributed by atoms with van der Waals surface area (Å²) in [6.07, 6.45) is 0. The second-order valence-electron chi connectivity index (χ2n) is 6.57. The van der Waals surface area contributed by atoms with Crippen LogP contribution < -0.4 is 5.32 Å². The van der Waals surface area contributed by atoms with E-state index in [1.165, 1.54) is 17.0 Å². The van der Waals surface area contributed by atoms with Gasteiger partial charge in [-0.25, -0.2) is 4.39 Å². The molecule has 0 aliphatic rings.